The monoisotopic (exact) mass is 322 g/mol. The van der Waals surface area contributed by atoms with E-state index in [1.54, 1.807) is 0 Å². The number of hydrogen-bond donors (Lipinski definition) is 2. The van der Waals surface area contributed by atoms with E-state index in [1.165, 1.54) is 24.3 Å². The summed E-state index contributed by atoms with van der Waals surface area (Å²) in [6.07, 6.45) is 3.73. The predicted molar refractivity (Wildman–Crippen MR) is 79.8 cm³/mol. The molecular weight excluding hydrogens is 304 g/mol. The second-order valence-corrected chi connectivity index (χ2v) is 7.60. The first-order chi connectivity index (χ1) is 10.5. The highest BCUT2D eigenvalue weighted by Crippen LogP contribution is 2.32. The fraction of sp³-hybridized carbons (Fsp3) is 0.467. The molecule has 0 radical (unpaired) electrons. The van der Waals surface area contributed by atoms with Gasteiger partial charge in [-0.25, -0.2) is 13.1 Å². The summed E-state index contributed by atoms with van der Waals surface area (Å²) >= 11 is 0. The van der Waals surface area contributed by atoms with Gasteiger partial charge in [0.05, 0.1) is 11.4 Å². The molecule has 6 nitrogen and oxygen atoms in total. The number of Topliss-reactive ketones (excluding diaryl/α,β-unsaturated/α-hetero) is 1. The second kappa shape index (κ2) is 5.81. The lowest BCUT2D eigenvalue weighted by atomic mass is 10.1. The van der Waals surface area contributed by atoms with Gasteiger partial charge >= 0.3 is 0 Å². The Morgan fingerprint density at radius 1 is 1.05 bits per heavy atom. The second-order valence-electron chi connectivity index (χ2n) is 5.83. The van der Waals surface area contributed by atoms with Crippen LogP contribution in [0.2, 0.25) is 0 Å². The highest BCUT2D eigenvalue weighted by atomic mass is 32.2. The zero-order valence-corrected chi connectivity index (χ0v) is 12.9. The van der Waals surface area contributed by atoms with Crippen LogP contribution in [-0.2, 0) is 14.8 Å². The summed E-state index contributed by atoms with van der Waals surface area (Å²) in [5.74, 6) is -0.154. The first-order valence-electron chi connectivity index (χ1n) is 7.39. The normalized spacial score (nSPS) is 18.0. The van der Waals surface area contributed by atoms with Gasteiger partial charge in [0.2, 0.25) is 15.9 Å². The van der Waals surface area contributed by atoms with E-state index in [9.17, 15) is 18.0 Å². The number of ketones is 1. The Bertz CT molecular complexity index is 689. The zero-order valence-electron chi connectivity index (χ0n) is 12.0. The van der Waals surface area contributed by atoms with Crippen molar-refractivity contribution in [1.82, 2.24) is 10.0 Å². The summed E-state index contributed by atoms with van der Waals surface area (Å²) in [5, 5.41) is 2.71. The molecule has 2 aliphatic rings. The fourth-order valence-electron chi connectivity index (χ4n) is 2.13. The maximum atomic E-state index is 12.1. The molecule has 1 aromatic carbocycles. The fourth-order valence-corrected chi connectivity index (χ4v) is 3.11. The number of carbonyl (C=O) groups is 2. The molecule has 0 bridgehead atoms. The summed E-state index contributed by atoms with van der Waals surface area (Å²) in [5.41, 5.74) is 0.535. The van der Waals surface area contributed by atoms with Crippen LogP contribution >= 0.6 is 0 Å². The van der Waals surface area contributed by atoms with Crippen LogP contribution in [-0.4, -0.2) is 32.7 Å². The number of carbonyl (C=O) groups excluding carboxylic acids is 2. The SMILES string of the molecule is O=C(CNS(=O)(=O)c1ccc(C(=O)C2CC2)cc1)NC1CC1. The van der Waals surface area contributed by atoms with E-state index in [4.69, 9.17) is 0 Å². The van der Waals surface area contributed by atoms with Crippen LogP contribution in [0.4, 0.5) is 0 Å². The van der Waals surface area contributed by atoms with Crippen LogP contribution in [0.1, 0.15) is 36.0 Å². The van der Waals surface area contributed by atoms with Gasteiger partial charge in [-0.05, 0) is 37.8 Å². The molecule has 1 aromatic rings. The highest BCUT2D eigenvalue weighted by molar-refractivity contribution is 7.89. The molecule has 0 atom stereocenters. The van der Waals surface area contributed by atoms with Gasteiger partial charge in [0.25, 0.3) is 0 Å². The quantitative estimate of drug-likeness (QED) is 0.728. The number of rotatable bonds is 7. The molecule has 0 saturated heterocycles. The van der Waals surface area contributed by atoms with Gasteiger partial charge in [-0.2, -0.15) is 0 Å². The van der Waals surface area contributed by atoms with Crippen LogP contribution < -0.4 is 10.0 Å². The third-order valence-corrected chi connectivity index (χ3v) is 5.18. The Morgan fingerprint density at radius 3 is 2.23 bits per heavy atom. The van der Waals surface area contributed by atoms with Crippen LogP contribution in [0.25, 0.3) is 0 Å². The third-order valence-electron chi connectivity index (χ3n) is 3.76. The van der Waals surface area contributed by atoms with Crippen molar-refractivity contribution >= 4 is 21.7 Å². The van der Waals surface area contributed by atoms with Crippen LogP contribution in [0.15, 0.2) is 29.2 Å². The Kier molecular flexibility index (Phi) is 4.01. The van der Waals surface area contributed by atoms with E-state index in [2.05, 4.69) is 10.0 Å². The molecule has 0 unspecified atom stereocenters. The van der Waals surface area contributed by atoms with E-state index in [1.807, 2.05) is 0 Å². The van der Waals surface area contributed by atoms with Crippen molar-refractivity contribution in [3.05, 3.63) is 29.8 Å². The molecule has 3 rings (SSSR count). The summed E-state index contributed by atoms with van der Waals surface area (Å²) in [6, 6.07) is 6.05. The molecule has 7 heteroatoms. The largest absolute Gasteiger partial charge is 0.352 e. The number of amides is 1. The van der Waals surface area contributed by atoms with Crippen molar-refractivity contribution in [3.63, 3.8) is 0 Å². The Hall–Kier alpha value is -1.73. The van der Waals surface area contributed by atoms with Gasteiger partial charge < -0.3 is 5.32 Å². The summed E-state index contributed by atoms with van der Waals surface area (Å²) in [4.78, 5) is 23.4. The maximum Gasteiger partial charge on any atom is 0.241 e. The molecule has 1 amide bonds. The van der Waals surface area contributed by atoms with Gasteiger partial charge in [-0.15, -0.1) is 0 Å². The number of benzene rings is 1. The molecule has 0 aliphatic heterocycles. The summed E-state index contributed by atoms with van der Waals surface area (Å²) in [7, 11) is -3.74. The molecule has 0 spiro atoms. The molecular formula is C15H18N2O4S. The number of hydrogen-bond acceptors (Lipinski definition) is 4. The minimum atomic E-state index is -3.74. The van der Waals surface area contributed by atoms with Crippen LogP contribution in [0.5, 0.6) is 0 Å². The number of nitrogens with one attached hydrogen (secondary N) is 2. The van der Waals surface area contributed by atoms with E-state index in [0.717, 1.165) is 25.7 Å². The first kappa shape index (κ1) is 15.2. The van der Waals surface area contributed by atoms with Crippen LogP contribution in [0, 0.1) is 5.92 Å². The summed E-state index contributed by atoms with van der Waals surface area (Å²) in [6.45, 7) is -0.276. The van der Waals surface area contributed by atoms with Gasteiger partial charge in [0.15, 0.2) is 5.78 Å². The summed E-state index contributed by atoms with van der Waals surface area (Å²) < 4.78 is 26.4. The average Bonchev–Trinajstić information content (AvgIpc) is 3.37. The molecule has 2 aliphatic carbocycles. The lowest BCUT2D eigenvalue weighted by molar-refractivity contribution is -0.120. The molecule has 0 heterocycles. The van der Waals surface area contributed by atoms with Gasteiger partial charge in [0.1, 0.15) is 0 Å². The molecule has 2 saturated carbocycles. The topological polar surface area (TPSA) is 92.3 Å². The van der Waals surface area contributed by atoms with E-state index in [0.29, 0.717) is 5.56 Å². The molecule has 0 aromatic heterocycles. The lowest BCUT2D eigenvalue weighted by Crippen LogP contribution is -2.37. The Morgan fingerprint density at radius 2 is 1.68 bits per heavy atom. The standard InChI is InChI=1S/C15H18N2O4S/c18-14(17-12-5-6-12)9-16-22(20,21)13-7-3-11(4-8-13)15(19)10-1-2-10/h3-4,7-8,10,12,16H,1-2,5-6,9H2,(H,17,18). The van der Waals surface area contributed by atoms with Gasteiger partial charge in [-0.1, -0.05) is 12.1 Å². The van der Waals surface area contributed by atoms with Crippen molar-refractivity contribution in [2.75, 3.05) is 6.54 Å². The minimum absolute atomic E-state index is 0.0547. The third kappa shape index (κ3) is 3.72. The first-order valence-corrected chi connectivity index (χ1v) is 8.87. The van der Waals surface area contributed by atoms with Gasteiger partial charge in [-0.3, -0.25) is 9.59 Å². The molecule has 2 N–H and O–H groups in total. The predicted octanol–water partition coefficient (Wildman–Crippen LogP) is 0.836. The Balaban J connectivity index is 1.60. The zero-order chi connectivity index (χ0) is 15.7. The van der Waals surface area contributed by atoms with Gasteiger partial charge in [0, 0.05) is 17.5 Å². The Labute approximate surface area is 129 Å². The van der Waals surface area contributed by atoms with Crippen molar-refractivity contribution in [2.45, 2.75) is 36.6 Å². The van der Waals surface area contributed by atoms with Crippen molar-refractivity contribution in [1.29, 1.82) is 0 Å². The van der Waals surface area contributed by atoms with E-state index >= 15 is 0 Å². The van der Waals surface area contributed by atoms with Crippen LogP contribution in [0.3, 0.4) is 0 Å². The molecule has 22 heavy (non-hydrogen) atoms. The van der Waals surface area contributed by atoms with E-state index in [-0.39, 0.29) is 35.1 Å². The van der Waals surface area contributed by atoms with E-state index < -0.39 is 10.0 Å². The maximum absolute atomic E-state index is 12.1. The number of sulfonamides is 1. The van der Waals surface area contributed by atoms with Crippen molar-refractivity contribution < 1.29 is 18.0 Å². The highest BCUT2D eigenvalue weighted by Gasteiger charge is 2.30. The lowest BCUT2D eigenvalue weighted by Gasteiger charge is -2.08. The smallest absolute Gasteiger partial charge is 0.241 e. The molecule has 2 fully saturated rings. The molecule has 118 valence electrons. The minimum Gasteiger partial charge on any atom is -0.352 e. The van der Waals surface area contributed by atoms with Crippen molar-refractivity contribution in [3.8, 4) is 0 Å². The van der Waals surface area contributed by atoms with Crippen molar-refractivity contribution in [2.24, 2.45) is 5.92 Å². The average molecular weight is 322 g/mol.